The summed E-state index contributed by atoms with van der Waals surface area (Å²) in [5.41, 5.74) is 0. The molecule has 2 rings (SSSR count). The summed E-state index contributed by atoms with van der Waals surface area (Å²) in [6.45, 7) is 2.73. The predicted molar refractivity (Wildman–Crippen MR) is 82.6 cm³/mol. The Labute approximate surface area is 125 Å². The zero-order valence-electron chi connectivity index (χ0n) is 12.1. The number of thiophene rings is 1. The Bertz CT molecular complexity index is 492. The molecule has 6 heteroatoms. The molecule has 0 radical (unpaired) electrons. The highest BCUT2D eigenvalue weighted by Gasteiger charge is 2.26. The quantitative estimate of drug-likeness (QED) is 0.776. The highest BCUT2D eigenvalue weighted by molar-refractivity contribution is 7.89. The summed E-state index contributed by atoms with van der Waals surface area (Å²) >= 11 is 1.67. The lowest BCUT2D eigenvalue weighted by atomic mass is 10.2. The van der Waals surface area contributed by atoms with E-state index in [9.17, 15) is 8.42 Å². The maximum Gasteiger partial charge on any atom is 0.214 e. The lowest BCUT2D eigenvalue weighted by Gasteiger charge is -2.24. The lowest BCUT2D eigenvalue weighted by Crippen LogP contribution is -2.38. The van der Waals surface area contributed by atoms with Crippen LogP contribution >= 0.6 is 11.3 Å². The molecule has 114 valence electrons. The van der Waals surface area contributed by atoms with Gasteiger partial charge in [-0.1, -0.05) is 6.07 Å². The molecule has 0 saturated carbocycles. The molecule has 1 aliphatic rings. The van der Waals surface area contributed by atoms with Gasteiger partial charge in [-0.15, -0.1) is 11.3 Å². The van der Waals surface area contributed by atoms with Crippen LogP contribution in [0.3, 0.4) is 0 Å². The highest BCUT2D eigenvalue weighted by Crippen LogP contribution is 2.19. The maximum absolute atomic E-state index is 12.3. The first kappa shape index (κ1) is 15.9. The van der Waals surface area contributed by atoms with E-state index in [4.69, 9.17) is 4.74 Å². The molecule has 0 spiro atoms. The number of rotatable bonds is 7. The molecule has 0 amide bonds. The molecule has 2 unspecified atom stereocenters. The molecule has 1 aliphatic heterocycles. The summed E-state index contributed by atoms with van der Waals surface area (Å²) < 4.78 is 31.7. The van der Waals surface area contributed by atoms with Crippen LogP contribution in [0.4, 0.5) is 0 Å². The van der Waals surface area contributed by atoms with Crippen molar-refractivity contribution in [1.29, 1.82) is 0 Å². The Hall–Kier alpha value is -0.430. The summed E-state index contributed by atoms with van der Waals surface area (Å²) in [6.07, 6.45) is 3.55. The fourth-order valence-corrected chi connectivity index (χ4v) is 4.72. The first-order valence-electron chi connectivity index (χ1n) is 7.09. The van der Waals surface area contributed by atoms with E-state index < -0.39 is 10.0 Å². The molecule has 1 saturated heterocycles. The second kappa shape index (κ2) is 7.02. The lowest BCUT2D eigenvalue weighted by molar-refractivity contribution is 0.108. The van der Waals surface area contributed by atoms with E-state index in [-0.39, 0.29) is 17.9 Å². The van der Waals surface area contributed by atoms with Gasteiger partial charge in [0.25, 0.3) is 0 Å². The molecule has 4 nitrogen and oxygen atoms in total. The molecule has 0 aliphatic carbocycles. The van der Waals surface area contributed by atoms with Crippen molar-refractivity contribution in [3.05, 3.63) is 22.4 Å². The summed E-state index contributed by atoms with van der Waals surface area (Å²) in [5.74, 6) is 0.183. The molecular formula is C14H23NO3S2. The average Bonchev–Trinajstić information content (AvgIpc) is 3.08. The van der Waals surface area contributed by atoms with Gasteiger partial charge in [0.2, 0.25) is 10.0 Å². The number of sulfonamides is 1. The van der Waals surface area contributed by atoms with Crippen molar-refractivity contribution in [3.8, 4) is 0 Å². The van der Waals surface area contributed by atoms with Gasteiger partial charge in [0, 0.05) is 24.6 Å². The van der Waals surface area contributed by atoms with Gasteiger partial charge in [0.15, 0.2) is 0 Å². The fraction of sp³-hybridized carbons (Fsp3) is 0.714. The van der Waals surface area contributed by atoms with E-state index in [1.165, 1.54) is 9.18 Å². The van der Waals surface area contributed by atoms with E-state index in [0.29, 0.717) is 6.42 Å². The monoisotopic (exact) mass is 317 g/mol. The van der Waals surface area contributed by atoms with E-state index in [1.807, 2.05) is 24.4 Å². The minimum absolute atomic E-state index is 0.0110. The molecule has 1 aromatic heterocycles. The topological polar surface area (TPSA) is 46.6 Å². The molecule has 0 aromatic carbocycles. The Morgan fingerprint density at radius 2 is 2.35 bits per heavy atom. The Balaban J connectivity index is 1.86. The zero-order chi connectivity index (χ0) is 14.6. The average molecular weight is 317 g/mol. The van der Waals surface area contributed by atoms with Crippen LogP contribution < -0.4 is 0 Å². The first-order valence-corrected chi connectivity index (χ1v) is 9.57. The molecule has 1 fully saturated rings. The minimum Gasteiger partial charge on any atom is -0.378 e. The summed E-state index contributed by atoms with van der Waals surface area (Å²) in [4.78, 5) is 1.22. The van der Waals surface area contributed by atoms with Crippen molar-refractivity contribution >= 4 is 21.4 Å². The van der Waals surface area contributed by atoms with Crippen molar-refractivity contribution in [2.75, 3.05) is 19.4 Å². The molecule has 0 N–H and O–H groups in total. The van der Waals surface area contributed by atoms with Crippen molar-refractivity contribution in [1.82, 2.24) is 4.31 Å². The molecule has 20 heavy (non-hydrogen) atoms. The van der Waals surface area contributed by atoms with Gasteiger partial charge in [-0.05, 0) is 44.1 Å². The van der Waals surface area contributed by atoms with Crippen LogP contribution in [0.15, 0.2) is 17.5 Å². The maximum atomic E-state index is 12.3. The van der Waals surface area contributed by atoms with Gasteiger partial charge >= 0.3 is 0 Å². The second-order valence-corrected chi connectivity index (χ2v) is 8.57. The van der Waals surface area contributed by atoms with Crippen LogP contribution in [0.2, 0.25) is 0 Å². The Morgan fingerprint density at radius 1 is 1.55 bits per heavy atom. The van der Waals surface area contributed by atoms with Crippen LogP contribution in [0.25, 0.3) is 0 Å². The van der Waals surface area contributed by atoms with Crippen molar-refractivity contribution in [2.45, 2.75) is 44.8 Å². The van der Waals surface area contributed by atoms with Gasteiger partial charge in [-0.3, -0.25) is 0 Å². The smallest absolute Gasteiger partial charge is 0.214 e. The fourth-order valence-electron chi connectivity index (χ4n) is 2.42. The minimum atomic E-state index is -3.19. The van der Waals surface area contributed by atoms with Gasteiger partial charge in [-0.25, -0.2) is 12.7 Å². The van der Waals surface area contributed by atoms with E-state index in [1.54, 1.807) is 18.4 Å². The van der Waals surface area contributed by atoms with Crippen molar-refractivity contribution in [3.63, 3.8) is 0 Å². The first-order chi connectivity index (χ1) is 9.49. The standard InChI is InChI=1S/C14H23NO3S2/c1-12(11-14-6-4-9-19-14)15(2)20(16,17)10-7-13-5-3-8-18-13/h4,6,9,12-13H,3,5,7-8,10-11H2,1-2H3. The SMILES string of the molecule is CC(Cc1cccs1)N(C)S(=O)(=O)CCC1CCCO1. The summed E-state index contributed by atoms with van der Waals surface area (Å²) in [6, 6.07) is 4.04. The molecule has 1 aromatic rings. The largest absolute Gasteiger partial charge is 0.378 e. The number of nitrogens with zero attached hydrogens (tertiary/aromatic N) is 1. The normalized spacial score (nSPS) is 21.4. The van der Waals surface area contributed by atoms with Crippen LogP contribution in [0.5, 0.6) is 0 Å². The van der Waals surface area contributed by atoms with Crippen LogP contribution in [-0.2, 0) is 21.2 Å². The summed E-state index contributed by atoms with van der Waals surface area (Å²) in [5, 5.41) is 2.02. The molecular weight excluding hydrogens is 294 g/mol. The van der Waals surface area contributed by atoms with E-state index in [2.05, 4.69) is 0 Å². The van der Waals surface area contributed by atoms with Crippen molar-refractivity contribution < 1.29 is 13.2 Å². The predicted octanol–water partition coefficient (Wildman–Crippen LogP) is 2.51. The van der Waals surface area contributed by atoms with Crippen LogP contribution in [0.1, 0.15) is 31.1 Å². The Kier molecular flexibility index (Phi) is 5.60. The van der Waals surface area contributed by atoms with Crippen LogP contribution in [0, 0.1) is 0 Å². The highest BCUT2D eigenvalue weighted by atomic mass is 32.2. The van der Waals surface area contributed by atoms with Gasteiger partial charge in [0.05, 0.1) is 11.9 Å². The third-order valence-corrected chi connectivity index (χ3v) is 6.75. The number of likely N-dealkylation sites (N-methyl/N-ethyl adjacent to an activating group) is 1. The third kappa shape index (κ3) is 4.28. The third-order valence-electron chi connectivity index (χ3n) is 3.86. The van der Waals surface area contributed by atoms with E-state index in [0.717, 1.165) is 25.9 Å². The number of hydrogen-bond donors (Lipinski definition) is 0. The van der Waals surface area contributed by atoms with E-state index >= 15 is 0 Å². The number of hydrogen-bond acceptors (Lipinski definition) is 4. The molecule has 2 atom stereocenters. The molecule has 2 heterocycles. The van der Waals surface area contributed by atoms with Crippen LogP contribution in [-0.4, -0.2) is 44.3 Å². The molecule has 0 bridgehead atoms. The summed E-state index contributed by atoms with van der Waals surface area (Å²) in [7, 11) is -1.51. The second-order valence-electron chi connectivity index (χ2n) is 5.39. The van der Waals surface area contributed by atoms with Gasteiger partial charge < -0.3 is 4.74 Å². The van der Waals surface area contributed by atoms with Gasteiger partial charge in [-0.2, -0.15) is 0 Å². The van der Waals surface area contributed by atoms with Gasteiger partial charge in [0.1, 0.15) is 0 Å². The zero-order valence-corrected chi connectivity index (χ0v) is 13.8. The Morgan fingerprint density at radius 3 is 2.95 bits per heavy atom. The van der Waals surface area contributed by atoms with Crippen molar-refractivity contribution in [2.24, 2.45) is 0 Å². The number of ether oxygens (including phenoxy) is 1.